The van der Waals surface area contributed by atoms with Gasteiger partial charge in [0.25, 0.3) is 0 Å². The number of aromatic amines is 1. The minimum Gasteiger partial charge on any atom is -0.378 e. The Morgan fingerprint density at radius 3 is 3.00 bits per heavy atom. The molecule has 3 aromatic rings. The fourth-order valence-electron chi connectivity index (χ4n) is 1.74. The highest BCUT2D eigenvalue weighted by atomic mass is 32.1. The molecule has 90 valence electrons. The van der Waals surface area contributed by atoms with Crippen molar-refractivity contribution in [2.45, 2.75) is 6.54 Å². The van der Waals surface area contributed by atoms with Crippen molar-refractivity contribution in [2.24, 2.45) is 0 Å². The van der Waals surface area contributed by atoms with Crippen LogP contribution >= 0.6 is 11.3 Å². The lowest BCUT2D eigenvalue weighted by Crippen LogP contribution is -1.99. The fraction of sp³-hybridized carbons (Fsp3) is 0.0769. The normalized spacial score (nSPS) is 10.4. The number of nitrogens with zero attached hydrogens (tertiary/aromatic N) is 2. The zero-order chi connectivity index (χ0) is 12.2. The average molecular weight is 256 g/mol. The number of pyridine rings is 1. The van der Waals surface area contributed by atoms with Gasteiger partial charge in [-0.1, -0.05) is 6.07 Å². The molecule has 0 aliphatic rings. The molecule has 4 nitrogen and oxygen atoms in total. The minimum atomic E-state index is 0.740. The molecule has 0 spiro atoms. The van der Waals surface area contributed by atoms with Crippen LogP contribution < -0.4 is 5.32 Å². The zero-order valence-electron chi connectivity index (χ0n) is 9.63. The van der Waals surface area contributed by atoms with Gasteiger partial charge in [0.05, 0.1) is 29.1 Å². The summed E-state index contributed by atoms with van der Waals surface area (Å²) in [4.78, 5) is 12.4. The summed E-state index contributed by atoms with van der Waals surface area (Å²) in [5.74, 6) is 0. The first-order valence-corrected chi connectivity index (χ1v) is 6.50. The first-order chi connectivity index (χ1) is 8.93. The third-order valence-electron chi connectivity index (χ3n) is 2.61. The highest BCUT2D eigenvalue weighted by molar-refractivity contribution is 7.14. The van der Waals surface area contributed by atoms with E-state index < -0.39 is 0 Å². The molecule has 3 heterocycles. The predicted molar refractivity (Wildman–Crippen MR) is 73.5 cm³/mol. The van der Waals surface area contributed by atoms with Gasteiger partial charge in [0.1, 0.15) is 0 Å². The van der Waals surface area contributed by atoms with Crippen molar-refractivity contribution in [3.05, 3.63) is 54.2 Å². The van der Waals surface area contributed by atoms with Crippen LogP contribution in [0.4, 0.5) is 5.69 Å². The molecular formula is C13H12N4S. The Balaban J connectivity index is 1.80. The molecule has 0 unspecified atom stereocenters. The molecule has 2 N–H and O–H groups in total. The summed E-state index contributed by atoms with van der Waals surface area (Å²) in [6, 6.07) is 6.11. The molecule has 0 fully saturated rings. The summed E-state index contributed by atoms with van der Waals surface area (Å²) in [6.07, 6.45) is 7.18. The number of imidazole rings is 1. The summed E-state index contributed by atoms with van der Waals surface area (Å²) in [5.41, 5.74) is 3.33. The van der Waals surface area contributed by atoms with E-state index in [-0.39, 0.29) is 0 Å². The molecule has 0 saturated heterocycles. The van der Waals surface area contributed by atoms with Gasteiger partial charge < -0.3 is 10.3 Å². The lowest BCUT2D eigenvalue weighted by Gasteiger charge is -2.06. The Kier molecular flexibility index (Phi) is 3.06. The number of hydrogen-bond donors (Lipinski definition) is 2. The van der Waals surface area contributed by atoms with E-state index in [9.17, 15) is 0 Å². The van der Waals surface area contributed by atoms with Crippen molar-refractivity contribution in [3.63, 3.8) is 0 Å². The van der Waals surface area contributed by atoms with Gasteiger partial charge >= 0.3 is 0 Å². The lowest BCUT2D eigenvalue weighted by molar-refractivity contribution is 1.08. The molecule has 0 saturated carbocycles. The third kappa shape index (κ3) is 2.26. The van der Waals surface area contributed by atoms with Gasteiger partial charge in [0.15, 0.2) is 0 Å². The fourth-order valence-corrected chi connectivity index (χ4v) is 2.61. The molecule has 0 atom stereocenters. The molecule has 0 bridgehead atoms. The van der Waals surface area contributed by atoms with Crippen molar-refractivity contribution < 1.29 is 0 Å². The van der Waals surface area contributed by atoms with E-state index >= 15 is 0 Å². The van der Waals surface area contributed by atoms with E-state index in [1.807, 2.05) is 18.5 Å². The van der Waals surface area contributed by atoms with Crippen LogP contribution in [0.15, 0.2) is 48.5 Å². The molecular weight excluding hydrogens is 244 g/mol. The van der Waals surface area contributed by atoms with E-state index in [1.165, 1.54) is 4.88 Å². The van der Waals surface area contributed by atoms with Gasteiger partial charge in [-0.15, -0.1) is 11.3 Å². The Labute approximate surface area is 109 Å². The van der Waals surface area contributed by atoms with Gasteiger partial charge in [0, 0.05) is 24.2 Å². The largest absolute Gasteiger partial charge is 0.378 e. The van der Waals surface area contributed by atoms with Crippen molar-refractivity contribution in [2.75, 3.05) is 5.32 Å². The van der Waals surface area contributed by atoms with Crippen LogP contribution in [0.3, 0.4) is 0 Å². The molecule has 0 amide bonds. The monoisotopic (exact) mass is 256 g/mol. The summed E-state index contributed by atoms with van der Waals surface area (Å²) in [5, 5.41) is 5.49. The van der Waals surface area contributed by atoms with Crippen LogP contribution in [-0.4, -0.2) is 15.0 Å². The van der Waals surface area contributed by atoms with Gasteiger partial charge in [-0.25, -0.2) is 4.98 Å². The lowest BCUT2D eigenvalue weighted by atomic mass is 10.2. The first kappa shape index (κ1) is 11.0. The SMILES string of the molecule is c1cncc(-c2sccc2NCc2cnc[nH]2)c1. The zero-order valence-corrected chi connectivity index (χ0v) is 10.4. The van der Waals surface area contributed by atoms with Crippen LogP contribution in [0.1, 0.15) is 5.69 Å². The predicted octanol–water partition coefficient (Wildman–Crippen LogP) is 3.15. The second-order valence-electron chi connectivity index (χ2n) is 3.84. The van der Waals surface area contributed by atoms with Crippen LogP contribution in [-0.2, 0) is 6.54 Å². The number of aromatic nitrogens is 3. The quantitative estimate of drug-likeness (QED) is 0.754. The van der Waals surface area contributed by atoms with E-state index in [1.54, 1.807) is 23.9 Å². The van der Waals surface area contributed by atoms with Crippen molar-refractivity contribution in [3.8, 4) is 10.4 Å². The Morgan fingerprint density at radius 1 is 1.22 bits per heavy atom. The number of anilines is 1. The van der Waals surface area contributed by atoms with Gasteiger partial charge in [-0.05, 0) is 17.5 Å². The van der Waals surface area contributed by atoms with Crippen molar-refractivity contribution >= 4 is 17.0 Å². The average Bonchev–Trinajstić information content (AvgIpc) is 3.09. The van der Waals surface area contributed by atoms with Crippen LogP contribution in [0.5, 0.6) is 0 Å². The maximum absolute atomic E-state index is 4.15. The second-order valence-corrected chi connectivity index (χ2v) is 4.75. The van der Waals surface area contributed by atoms with Crippen LogP contribution in [0, 0.1) is 0 Å². The molecule has 0 aliphatic heterocycles. The highest BCUT2D eigenvalue weighted by Gasteiger charge is 2.06. The van der Waals surface area contributed by atoms with E-state index in [4.69, 9.17) is 0 Å². The summed E-state index contributed by atoms with van der Waals surface area (Å²) >= 11 is 1.71. The minimum absolute atomic E-state index is 0.740. The van der Waals surface area contributed by atoms with Crippen LogP contribution in [0.25, 0.3) is 10.4 Å². The van der Waals surface area contributed by atoms with E-state index in [2.05, 4.69) is 37.8 Å². The summed E-state index contributed by atoms with van der Waals surface area (Å²) in [7, 11) is 0. The number of thiophene rings is 1. The molecule has 5 heteroatoms. The molecule has 3 rings (SSSR count). The molecule has 0 aromatic carbocycles. The molecule has 0 aliphatic carbocycles. The highest BCUT2D eigenvalue weighted by Crippen LogP contribution is 2.33. The Bertz CT molecular complexity index is 601. The molecule has 0 radical (unpaired) electrons. The Hall–Kier alpha value is -2.14. The summed E-state index contributed by atoms with van der Waals surface area (Å²) in [6.45, 7) is 0.740. The smallest absolute Gasteiger partial charge is 0.0922 e. The number of rotatable bonds is 4. The first-order valence-electron chi connectivity index (χ1n) is 5.62. The number of H-pyrrole nitrogens is 1. The van der Waals surface area contributed by atoms with E-state index in [0.29, 0.717) is 0 Å². The van der Waals surface area contributed by atoms with Crippen LogP contribution in [0.2, 0.25) is 0 Å². The second kappa shape index (κ2) is 5.01. The number of hydrogen-bond acceptors (Lipinski definition) is 4. The van der Waals surface area contributed by atoms with Crippen molar-refractivity contribution in [1.29, 1.82) is 0 Å². The number of nitrogens with one attached hydrogen (secondary N) is 2. The van der Waals surface area contributed by atoms with Gasteiger partial charge in [0.2, 0.25) is 0 Å². The molecule has 3 aromatic heterocycles. The maximum atomic E-state index is 4.15. The molecule has 18 heavy (non-hydrogen) atoms. The van der Waals surface area contributed by atoms with Gasteiger partial charge in [-0.2, -0.15) is 0 Å². The standard InChI is InChI=1S/C13H12N4S/c1-2-10(6-14-4-1)13-12(3-5-18-13)16-8-11-7-15-9-17-11/h1-7,9,16H,8H2,(H,15,17). The van der Waals surface area contributed by atoms with E-state index in [0.717, 1.165) is 23.5 Å². The summed E-state index contributed by atoms with van der Waals surface area (Å²) < 4.78 is 0. The third-order valence-corrected chi connectivity index (χ3v) is 3.58. The Morgan fingerprint density at radius 2 is 2.22 bits per heavy atom. The maximum Gasteiger partial charge on any atom is 0.0922 e. The van der Waals surface area contributed by atoms with Gasteiger partial charge in [-0.3, -0.25) is 4.98 Å². The topological polar surface area (TPSA) is 53.6 Å². The van der Waals surface area contributed by atoms with Crippen molar-refractivity contribution in [1.82, 2.24) is 15.0 Å².